The van der Waals surface area contributed by atoms with Crippen LogP contribution < -0.4 is 0 Å². The van der Waals surface area contributed by atoms with Gasteiger partial charge >= 0.3 is 0 Å². The van der Waals surface area contributed by atoms with Gasteiger partial charge in [-0.3, -0.25) is 9.69 Å². The van der Waals surface area contributed by atoms with Crippen LogP contribution in [0.4, 0.5) is 0 Å². The predicted octanol–water partition coefficient (Wildman–Crippen LogP) is 3.66. The monoisotopic (exact) mass is 358 g/mol. The number of fused-ring (bicyclic) bond motifs is 1. The molecule has 26 heavy (non-hydrogen) atoms. The van der Waals surface area contributed by atoms with Crippen molar-refractivity contribution in [3.05, 3.63) is 36.0 Å². The van der Waals surface area contributed by atoms with Crippen molar-refractivity contribution in [2.45, 2.75) is 44.8 Å². The molecule has 2 aliphatic rings. The fourth-order valence-electron chi connectivity index (χ4n) is 5.02. The second-order valence-electron chi connectivity index (χ2n) is 7.72. The maximum atomic E-state index is 8.36. The quantitative estimate of drug-likeness (QED) is 0.851. The Kier molecular flexibility index (Phi) is 5.99. The maximum Gasteiger partial charge on any atom is 0.290 e. The van der Waals surface area contributed by atoms with Gasteiger partial charge in [0.1, 0.15) is 0 Å². The number of nitrogens with zero attached hydrogens (tertiary/aromatic N) is 2. The van der Waals surface area contributed by atoms with Crippen LogP contribution in [-0.2, 0) is 23.1 Å². The zero-order valence-corrected chi connectivity index (χ0v) is 15.9. The van der Waals surface area contributed by atoms with Crippen molar-refractivity contribution in [2.75, 3.05) is 20.2 Å². The van der Waals surface area contributed by atoms with Crippen molar-refractivity contribution in [1.29, 1.82) is 0 Å². The Morgan fingerprint density at radius 3 is 2.85 bits per heavy atom. The van der Waals surface area contributed by atoms with Crippen LogP contribution in [0.25, 0.3) is 10.9 Å². The highest BCUT2D eigenvalue weighted by atomic mass is 16.5. The largest absolute Gasteiger partial charge is 0.483 e. The van der Waals surface area contributed by atoms with E-state index in [-0.39, 0.29) is 6.47 Å². The van der Waals surface area contributed by atoms with Gasteiger partial charge in [0.05, 0.1) is 6.10 Å². The number of rotatable bonds is 3. The topological polar surface area (TPSA) is 54.7 Å². The number of carbonyl (C=O) groups is 1. The molecule has 1 aliphatic carbocycles. The first-order valence-corrected chi connectivity index (χ1v) is 9.49. The fourth-order valence-corrected chi connectivity index (χ4v) is 5.02. The predicted molar refractivity (Wildman–Crippen MR) is 103 cm³/mol. The number of hydrogen-bond donors (Lipinski definition) is 1. The molecule has 1 saturated carbocycles. The number of ether oxygens (including phenoxy) is 1. The van der Waals surface area contributed by atoms with E-state index in [1.54, 1.807) is 0 Å². The van der Waals surface area contributed by atoms with Crippen LogP contribution in [0.15, 0.2) is 30.5 Å². The van der Waals surface area contributed by atoms with E-state index in [4.69, 9.17) is 14.6 Å². The Labute approximate surface area is 155 Å². The Hall–Kier alpha value is -1.85. The third-order valence-electron chi connectivity index (χ3n) is 6.15. The molecule has 0 bridgehead atoms. The molecule has 5 heteroatoms. The van der Waals surface area contributed by atoms with E-state index in [2.05, 4.69) is 47.0 Å². The molecule has 1 aromatic carbocycles. The molecule has 1 aromatic heterocycles. The van der Waals surface area contributed by atoms with E-state index in [1.807, 2.05) is 7.11 Å². The first-order chi connectivity index (χ1) is 12.6. The number of aryl methyl sites for hydroxylation is 1. The van der Waals surface area contributed by atoms with E-state index < -0.39 is 0 Å². The van der Waals surface area contributed by atoms with Crippen LogP contribution in [0.1, 0.15) is 37.7 Å². The van der Waals surface area contributed by atoms with Gasteiger partial charge in [0.15, 0.2) is 0 Å². The number of methoxy groups -OCH3 is 1. The van der Waals surface area contributed by atoms with Gasteiger partial charge in [-0.2, -0.15) is 0 Å². The summed E-state index contributed by atoms with van der Waals surface area (Å²) in [6.07, 6.45) is 9.21. The molecule has 142 valence electrons. The molecule has 0 amide bonds. The standard InChI is InChI=1S/C20H28N2O.CH2O2/c1-21-12-8-17-13-16(6-7-18(17)21)14-22-11-4-10-20(15-22)9-3-5-19(20)23-2;2-1-3/h6-8,12-13,19H,3-5,9-11,14-15H2,1-2H3;1H,(H,2,3)/t19-,20+;/m1./s1. The van der Waals surface area contributed by atoms with Crippen LogP contribution in [0.5, 0.6) is 0 Å². The van der Waals surface area contributed by atoms with E-state index in [0.29, 0.717) is 11.5 Å². The second kappa shape index (κ2) is 8.23. The summed E-state index contributed by atoms with van der Waals surface area (Å²) in [6, 6.07) is 9.14. The molecule has 0 radical (unpaired) electrons. The number of carboxylic acid groups (broad SMARTS) is 1. The van der Waals surface area contributed by atoms with Crippen molar-refractivity contribution < 1.29 is 14.6 Å². The summed E-state index contributed by atoms with van der Waals surface area (Å²) < 4.78 is 8.03. The van der Waals surface area contributed by atoms with Crippen molar-refractivity contribution in [3.63, 3.8) is 0 Å². The third-order valence-corrected chi connectivity index (χ3v) is 6.15. The third kappa shape index (κ3) is 3.79. The molecule has 4 rings (SSSR count). The minimum atomic E-state index is -0.250. The summed E-state index contributed by atoms with van der Waals surface area (Å²) in [5.41, 5.74) is 3.18. The molecular weight excluding hydrogens is 328 g/mol. The average molecular weight is 358 g/mol. The van der Waals surface area contributed by atoms with Gasteiger partial charge in [0.2, 0.25) is 0 Å². The molecule has 0 unspecified atom stereocenters. The van der Waals surface area contributed by atoms with E-state index in [0.717, 1.165) is 6.54 Å². The highest BCUT2D eigenvalue weighted by Crippen LogP contribution is 2.46. The van der Waals surface area contributed by atoms with Gasteiger partial charge in [0, 0.05) is 44.4 Å². The summed E-state index contributed by atoms with van der Waals surface area (Å²) in [6.45, 7) is 3.26. The zero-order valence-electron chi connectivity index (χ0n) is 15.9. The normalized spacial score (nSPS) is 26.0. The average Bonchev–Trinajstić information content (AvgIpc) is 3.19. The number of aromatic nitrogens is 1. The smallest absolute Gasteiger partial charge is 0.290 e. The summed E-state index contributed by atoms with van der Waals surface area (Å²) in [5.74, 6) is 0. The Bertz CT molecular complexity index is 742. The SMILES string of the molecule is CO[C@@H]1CCC[C@@]12CCCN(Cc1ccc3c(ccn3C)c1)C2.O=CO. The molecule has 1 N–H and O–H groups in total. The highest BCUT2D eigenvalue weighted by molar-refractivity contribution is 5.80. The molecular formula is C21H30N2O3. The second-order valence-corrected chi connectivity index (χ2v) is 7.72. The molecule has 1 saturated heterocycles. The number of benzene rings is 1. The Morgan fingerprint density at radius 1 is 1.31 bits per heavy atom. The summed E-state index contributed by atoms with van der Waals surface area (Å²) >= 11 is 0. The van der Waals surface area contributed by atoms with Crippen molar-refractivity contribution in [1.82, 2.24) is 9.47 Å². The summed E-state index contributed by atoms with van der Waals surface area (Å²) in [7, 11) is 4.02. The van der Waals surface area contributed by atoms with Gasteiger partial charge < -0.3 is 14.4 Å². The lowest BCUT2D eigenvalue weighted by molar-refractivity contribution is -0.122. The molecule has 2 aromatic rings. The number of piperidine rings is 1. The fraction of sp³-hybridized carbons (Fsp3) is 0.571. The van der Waals surface area contributed by atoms with Crippen molar-refractivity contribution in [2.24, 2.45) is 12.5 Å². The van der Waals surface area contributed by atoms with Crippen LogP contribution in [-0.4, -0.2) is 47.3 Å². The van der Waals surface area contributed by atoms with Crippen LogP contribution in [0.3, 0.4) is 0 Å². The molecule has 5 nitrogen and oxygen atoms in total. The minimum absolute atomic E-state index is 0.250. The lowest BCUT2D eigenvalue weighted by Gasteiger charge is -2.43. The molecule has 2 fully saturated rings. The number of hydrogen-bond acceptors (Lipinski definition) is 3. The molecule has 2 heterocycles. The van der Waals surface area contributed by atoms with E-state index >= 15 is 0 Å². The van der Waals surface area contributed by atoms with Gasteiger partial charge in [-0.05, 0) is 61.4 Å². The van der Waals surface area contributed by atoms with Gasteiger partial charge in [-0.15, -0.1) is 0 Å². The molecule has 2 atom stereocenters. The Balaban J connectivity index is 0.000000613. The lowest BCUT2D eigenvalue weighted by atomic mass is 9.76. The van der Waals surface area contributed by atoms with Crippen LogP contribution >= 0.6 is 0 Å². The van der Waals surface area contributed by atoms with Crippen molar-refractivity contribution >= 4 is 17.4 Å². The molecule has 1 aliphatic heterocycles. The van der Waals surface area contributed by atoms with Crippen molar-refractivity contribution in [3.8, 4) is 0 Å². The van der Waals surface area contributed by atoms with Crippen LogP contribution in [0, 0.1) is 5.41 Å². The Morgan fingerprint density at radius 2 is 2.08 bits per heavy atom. The van der Waals surface area contributed by atoms with E-state index in [9.17, 15) is 0 Å². The highest BCUT2D eigenvalue weighted by Gasteiger charge is 2.45. The summed E-state index contributed by atoms with van der Waals surface area (Å²) in [4.78, 5) is 11.0. The van der Waals surface area contributed by atoms with Gasteiger partial charge in [0.25, 0.3) is 6.47 Å². The summed E-state index contributed by atoms with van der Waals surface area (Å²) in [5, 5.41) is 8.24. The lowest BCUT2D eigenvalue weighted by Crippen LogP contribution is -2.47. The minimum Gasteiger partial charge on any atom is -0.483 e. The van der Waals surface area contributed by atoms with Crippen LogP contribution in [0.2, 0.25) is 0 Å². The number of likely N-dealkylation sites (tertiary alicyclic amines) is 1. The van der Waals surface area contributed by atoms with E-state index in [1.165, 1.54) is 61.7 Å². The molecule has 1 spiro atoms. The maximum absolute atomic E-state index is 8.36. The zero-order chi connectivity index (χ0) is 18.6. The van der Waals surface area contributed by atoms with Gasteiger partial charge in [-0.25, -0.2) is 0 Å². The first-order valence-electron chi connectivity index (χ1n) is 9.49. The first kappa shape index (κ1) is 18.9. The van der Waals surface area contributed by atoms with Gasteiger partial charge in [-0.1, -0.05) is 12.5 Å².